The number of amides is 1. The molecule has 0 radical (unpaired) electrons. The van der Waals surface area contributed by atoms with E-state index in [4.69, 9.17) is 9.84 Å². The third kappa shape index (κ3) is 5.62. The van der Waals surface area contributed by atoms with Crippen LogP contribution in [-0.2, 0) is 4.74 Å². The van der Waals surface area contributed by atoms with E-state index >= 15 is 0 Å². The minimum atomic E-state index is -0.540. The minimum Gasteiger partial charge on any atom is -0.444 e. The van der Waals surface area contributed by atoms with Crippen LogP contribution in [0.1, 0.15) is 45.2 Å². The van der Waals surface area contributed by atoms with E-state index in [1.54, 1.807) is 16.8 Å². The maximum atomic E-state index is 12.1. The van der Waals surface area contributed by atoms with Crippen molar-refractivity contribution in [1.29, 1.82) is 0 Å². The van der Waals surface area contributed by atoms with Crippen molar-refractivity contribution < 1.29 is 14.6 Å². The maximum absolute atomic E-state index is 12.1. The van der Waals surface area contributed by atoms with E-state index < -0.39 is 11.7 Å². The molecule has 24 heavy (non-hydrogen) atoms. The van der Waals surface area contributed by atoms with Crippen molar-refractivity contribution >= 4 is 17.4 Å². The summed E-state index contributed by atoms with van der Waals surface area (Å²) < 4.78 is 5.33. The van der Waals surface area contributed by atoms with Gasteiger partial charge in [-0.25, -0.2) is 4.79 Å². The molecule has 1 atom stereocenters. The predicted molar refractivity (Wildman–Crippen MR) is 96.0 cm³/mol. The Morgan fingerprint density at radius 3 is 2.58 bits per heavy atom. The first-order chi connectivity index (χ1) is 11.4. The van der Waals surface area contributed by atoms with E-state index in [-0.39, 0.29) is 12.6 Å². The first-order valence-corrected chi connectivity index (χ1v) is 8.86. The normalized spacial score (nSPS) is 12.7. The van der Waals surface area contributed by atoms with Crippen LogP contribution in [0.5, 0.6) is 0 Å². The zero-order valence-corrected chi connectivity index (χ0v) is 15.1. The lowest BCUT2D eigenvalue weighted by molar-refractivity contribution is 0.0498. The smallest absolute Gasteiger partial charge is 0.408 e. The predicted octanol–water partition coefficient (Wildman–Crippen LogP) is 4.15. The zero-order chi connectivity index (χ0) is 17.6. The van der Waals surface area contributed by atoms with Gasteiger partial charge in [0.05, 0.1) is 16.4 Å². The molecular formula is C18H24N2O3S. The fourth-order valence-corrected chi connectivity index (χ4v) is 2.93. The number of benzene rings is 1. The number of hydrogen-bond acceptors (Lipinski definition) is 5. The summed E-state index contributed by atoms with van der Waals surface area (Å²) in [6.45, 7) is 5.59. The fraction of sp³-hybridized carbons (Fsp3) is 0.444. The molecule has 0 saturated carbocycles. The number of carbonyl (C=O) groups is 1. The lowest BCUT2D eigenvalue weighted by Gasteiger charge is -2.24. The summed E-state index contributed by atoms with van der Waals surface area (Å²) in [5.74, 6) is 0. The van der Waals surface area contributed by atoms with Crippen molar-refractivity contribution in [2.45, 2.75) is 45.3 Å². The van der Waals surface area contributed by atoms with Crippen LogP contribution in [-0.4, -0.2) is 28.4 Å². The molecule has 1 heterocycles. The topological polar surface area (TPSA) is 71.5 Å². The van der Waals surface area contributed by atoms with Gasteiger partial charge >= 0.3 is 6.09 Å². The van der Waals surface area contributed by atoms with Gasteiger partial charge in [-0.2, -0.15) is 0 Å². The Hall–Kier alpha value is -1.92. The van der Waals surface area contributed by atoms with Gasteiger partial charge in [0.1, 0.15) is 5.60 Å². The molecule has 5 nitrogen and oxygen atoms in total. The molecular weight excluding hydrogens is 324 g/mol. The number of carbonyl (C=O) groups excluding carboxylic acids is 1. The highest BCUT2D eigenvalue weighted by atomic mass is 32.1. The first-order valence-electron chi connectivity index (χ1n) is 7.98. The van der Waals surface area contributed by atoms with Crippen molar-refractivity contribution in [3.8, 4) is 10.4 Å². The molecule has 6 heteroatoms. The number of rotatable bonds is 6. The molecule has 0 spiro atoms. The van der Waals surface area contributed by atoms with Gasteiger partial charge in [-0.05, 0) is 44.7 Å². The second kappa shape index (κ2) is 8.26. The quantitative estimate of drug-likeness (QED) is 0.823. The molecule has 2 N–H and O–H groups in total. The third-order valence-electron chi connectivity index (χ3n) is 3.37. The van der Waals surface area contributed by atoms with Crippen molar-refractivity contribution in [3.05, 3.63) is 41.5 Å². The van der Waals surface area contributed by atoms with Crippen LogP contribution in [0.15, 0.2) is 36.0 Å². The summed E-state index contributed by atoms with van der Waals surface area (Å²) in [5, 5.41) is 12.0. The number of hydrogen-bond donors (Lipinski definition) is 2. The van der Waals surface area contributed by atoms with E-state index in [9.17, 15) is 4.79 Å². The summed E-state index contributed by atoms with van der Waals surface area (Å²) in [6.07, 6.45) is 2.64. The molecule has 1 aromatic carbocycles. The Bertz CT molecular complexity index is 633. The molecule has 1 aromatic heterocycles. The Balaban J connectivity index is 2.10. The third-order valence-corrected chi connectivity index (χ3v) is 4.19. The van der Waals surface area contributed by atoms with Crippen LogP contribution in [0.25, 0.3) is 10.4 Å². The van der Waals surface area contributed by atoms with Crippen molar-refractivity contribution in [3.63, 3.8) is 0 Å². The second-order valence-corrected chi connectivity index (χ2v) is 7.44. The highest BCUT2D eigenvalue weighted by Gasteiger charge is 2.20. The second-order valence-electron chi connectivity index (χ2n) is 6.55. The number of ether oxygens (including phenoxy) is 1. The Labute approximate surface area is 146 Å². The summed E-state index contributed by atoms with van der Waals surface area (Å²) in [5.41, 5.74) is 3.35. The average Bonchev–Trinajstić information content (AvgIpc) is 3.04. The largest absolute Gasteiger partial charge is 0.444 e. The summed E-state index contributed by atoms with van der Waals surface area (Å²) in [4.78, 5) is 17.2. The molecule has 130 valence electrons. The summed E-state index contributed by atoms with van der Waals surface area (Å²) >= 11 is 1.59. The number of thiazole rings is 1. The van der Waals surface area contributed by atoms with Crippen LogP contribution >= 0.6 is 11.3 Å². The molecule has 0 aliphatic heterocycles. The molecule has 0 unspecified atom stereocenters. The lowest BCUT2D eigenvalue weighted by atomic mass is 10.0. The van der Waals surface area contributed by atoms with E-state index in [2.05, 4.69) is 10.3 Å². The Kier molecular flexibility index (Phi) is 6.34. The van der Waals surface area contributed by atoms with Crippen LogP contribution in [0.2, 0.25) is 0 Å². The molecule has 2 aromatic rings. The summed E-state index contributed by atoms with van der Waals surface area (Å²) in [6, 6.07) is 7.84. The standard InChI is InChI=1S/C18H24N2O3S/c1-18(2,3)23-17(22)20-15(5-4-10-21)13-6-8-14(9-7-13)16-11-19-12-24-16/h6-9,11-12,15,21H,4-5,10H2,1-3H3,(H,20,22)/t15-/m0/s1. The van der Waals surface area contributed by atoms with Crippen LogP contribution in [0.4, 0.5) is 4.79 Å². The van der Waals surface area contributed by atoms with E-state index in [1.165, 1.54) is 0 Å². The van der Waals surface area contributed by atoms with Gasteiger partial charge in [-0.3, -0.25) is 4.98 Å². The monoisotopic (exact) mass is 348 g/mol. The number of aliphatic hydroxyl groups is 1. The maximum Gasteiger partial charge on any atom is 0.408 e. The average molecular weight is 348 g/mol. The SMILES string of the molecule is CC(C)(C)OC(=O)N[C@@H](CCCO)c1ccc(-c2cncs2)cc1. The summed E-state index contributed by atoms with van der Waals surface area (Å²) in [7, 11) is 0. The molecule has 0 aliphatic rings. The molecule has 0 fully saturated rings. The van der Waals surface area contributed by atoms with Gasteiger partial charge in [0.25, 0.3) is 0 Å². The highest BCUT2D eigenvalue weighted by molar-refractivity contribution is 7.13. The van der Waals surface area contributed by atoms with Crippen molar-refractivity contribution in [2.75, 3.05) is 6.61 Å². The van der Waals surface area contributed by atoms with Gasteiger partial charge in [0.15, 0.2) is 0 Å². The van der Waals surface area contributed by atoms with Crippen molar-refractivity contribution in [1.82, 2.24) is 10.3 Å². The molecule has 0 bridgehead atoms. The fourth-order valence-electron chi connectivity index (χ4n) is 2.31. The molecule has 1 amide bonds. The lowest BCUT2D eigenvalue weighted by Crippen LogP contribution is -2.35. The van der Waals surface area contributed by atoms with Gasteiger partial charge in [-0.15, -0.1) is 11.3 Å². The Morgan fingerprint density at radius 2 is 2.04 bits per heavy atom. The number of nitrogens with zero attached hydrogens (tertiary/aromatic N) is 1. The Morgan fingerprint density at radius 1 is 1.33 bits per heavy atom. The highest BCUT2D eigenvalue weighted by Crippen LogP contribution is 2.26. The van der Waals surface area contributed by atoms with Gasteiger partial charge < -0.3 is 15.2 Å². The van der Waals surface area contributed by atoms with Crippen LogP contribution < -0.4 is 5.32 Å². The van der Waals surface area contributed by atoms with E-state index in [0.29, 0.717) is 12.8 Å². The minimum absolute atomic E-state index is 0.0887. The molecule has 2 rings (SSSR count). The number of aliphatic hydroxyl groups excluding tert-OH is 1. The van der Waals surface area contributed by atoms with Crippen molar-refractivity contribution in [2.24, 2.45) is 0 Å². The zero-order valence-electron chi connectivity index (χ0n) is 14.3. The van der Waals surface area contributed by atoms with E-state index in [1.807, 2.05) is 51.2 Å². The van der Waals surface area contributed by atoms with E-state index in [0.717, 1.165) is 16.0 Å². The first kappa shape index (κ1) is 18.4. The molecule has 0 saturated heterocycles. The number of aromatic nitrogens is 1. The van der Waals surface area contributed by atoms with Gasteiger partial charge in [0, 0.05) is 12.8 Å². The number of nitrogens with one attached hydrogen (secondary N) is 1. The molecule has 0 aliphatic carbocycles. The number of alkyl carbamates (subject to hydrolysis) is 1. The van der Waals surface area contributed by atoms with Gasteiger partial charge in [-0.1, -0.05) is 24.3 Å². The van der Waals surface area contributed by atoms with Crippen LogP contribution in [0, 0.1) is 0 Å². The van der Waals surface area contributed by atoms with Gasteiger partial charge in [0.2, 0.25) is 0 Å². The van der Waals surface area contributed by atoms with Crippen LogP contribution in [0.3, 0.4) is 0 Å².